The minimum absolute atomic E-state index is 0.309. The van der Waals surface area contributed by atoms with Crippen molar-refractivity contribution in [2.45, 2.75) is 13.3 Å². The zero-order valence-electron chi connectivity index (χ0n) is 21.9. The van der Waals surface area contributed by atoms with Crippen molar-refractivity contribution in [2.24, 2.45) is 5.92 Å². The van der Waals surface area contributed by atoms with Gasteiger partial charge in [-0.3, -0.25) is 4.98 Å². The highest BCUT2D eigenvalue weighted by Crippen LogP contribution is 2.34. The van der Waals surface area contributed by atoms with Crippen LogP contribution < -0.4 is 0 Å². The van der Waals surface area contributed by atoms with E-state index in [2.05, 4.69) is 73.7 Å². The van der Waals surface area contributed by atoms with Gasteiger partial charge in [0.2, 0.25) is 0 Å². The number of nitrogens with zero attached hydrogens (tertiary/aromatic N) is 4. The summed E-state index contributed by atoms with van der Waals surface area (Å²) in [4.78, 5) is 19.8. The average molecular weight is 537 g/mol. The van der Waals surface area contributed by atoms with Crippen LogP contribution >= 0.6 is 11.6 Å². The van der Waals surface area contributed by atoms with Crippen LogP contribution in [0.15, 0.2) is 120 Å². The average Bonchev–Trinajstić information content (AvgIpc) is 3.00. The summed E-state index contributed by atoms with van der Waals surface area (Å²) in [5, 5.41) is 5.36. The van der Waals surface area contributed by atoms with E-state index in [0.29, 0.717) is 23.4 Å². The molecule has 0 saturated carbocycles. The van der Waals surface area contributed by atoms with Gasteiger partial charge in [0, 0.05) is 27.9 Å². The molecule has 1 aliphatic carbocycles. The first-order chi connectivity index (χ1) is 19.6. The van der Waals surface area contributed by atoms with Crippen LogP contribution in [0.3, 0.4) is 0 Å². The Hall–Kier alpha value is -4.67. The number of benzene rings is 4. The monoisotopic (exact) mass is 536 g/mol. The number of rotatable bonds is 4. The minimum Gasteiger partial charge on any atom is -0.256 e. The lowest BCUT2D eigenvalue weighted by Gasteiger charge is -2.18. The van der Waals surface area contributed by atoms with Gasteiger partial charge in [-0.05, 0) is 57.7 Å². The molecule has 0 amide bonds. The lowest BCUT2D eigenvalue weighted by Crippen LogP contribution is -2.05. The maximum absolute atomic E-state index is 6.25. The van der Waals surface area contributed by atoms with Crippen LogP contribution in [0.4, 0.5) is 0 Å². The predicted octanol–water partition coefficient (Wildman–Crippen LogP) is 9.12. The molecule has 0 saturated heterocycles. The second kappa shape index (κ2) is 10.1. The van der Waals surface area contributed by atoms with Gasteiger partial charge in [0.05, 0.1) is 5.69 Å². The van der Waals surface area contributed by atoms with Crippen molar-refractivity contribution in [3.8, 4) is 34.2 Å². The number of aromatic nitrogens is 4. The number of hydrogen-bond donors (Lipinski definition) is 0. The van der Waals surface area contributed by atoms with E-state index in [9.17, 15) is 0 Å². The molecule has 1 unspecified atom stereocenters. The third kappa shape index (κ3) is 4.47. The number of hydrogen-bond acceptors (Lipinski definition) is 4. The summed E-state index contributed by atoms with van der Waals surface area (Å²) in [7, 11) is 0. The molecule has 1 atom stereocenters. The SMILES string of the molecule is CC1CC(Cl)=CC=C1c1ccc(-c2nc(-c3cccc4ccccc34)nc(-c3cccc4ccccc34)n2)cn1. The number of halogens is 1. The highest BCUT2D eigenvalue weighted by atomic mass is 35.5. The van der Waals surface area contributed by atoms with E-state index in [1.54, 1.807) is 0 Å². The molecule has 7 rings (SSSR count). The van der Waals surface area contributed by atoms with Crippen molar-refractivity contribution in [1.29, 1.82) is 0 Å². The summed E-state index contributed by atoms with van der Waals surface area (Å²) >= 11 is 6.25. The smallest absolute Gasteiger partial charge is 0.165 e. The molecular weight excluding hydrogens is 512 g/mol. The molecule has 0 spiro atoms. The van der Waals surface area contributed by atoms with E-state index in [1.807, 2.05) is 48.7 Å². The van der Waals surface area contributed by atoms with Gasteiger partial charge in [-0.15, -0.1) is 0 Å². The standard InChI is InChI=1S/C35H25ClN4/c1-22-20-26(36)17-18-27(22)32-19-16-25(21-37-32)33-38-34(30-14-6-10-23-8-2-4-12-28(23)30)40-35(39-33)31-15-7-11-24-9-3-5-13-29(24)31/h2-19,21-22H,20H2,1H3. The summed E-state index contributed by atoms with van der Waals surface area (Å²) in [5.41, 5.74) is 4.90. The molecule has 5 heteroatoms. The van der Waals surface area contributed by atoms with Crippen molar-refractivity contribution < 1.29 is 0 Å². The van der Waals surface area contributed by atoms with Crippen molar-refractivity contribution in [3.05, 3.63) is 126 Å². The molecule has 4 aromatic carbocycles. The van der Waals surface area contributed by atoms with Crippen molar-refractivity contribution in [3.63, 3.8) is 0 Å². The molecule has 0 bridgehead atoms. The molecule has 0 aliphatic heterocycles. The third-order valence-corrected chi connectivity index (χ3v) is 7.77. The van der Waals surface area contributed by atoms with Gasteiger partial charge in [0.15, 0.2) is 17.5 Å². The maximum atomic E-state index is 6.25. The van der Waals surface area contributed by atoms with E-state index in [-0.39, 0.29) is 0 Å². The fourth-order valence-corrected chi connectivity index (χ4v) is 5.73. The Morgan fingerprint density at radius 2 is 1.20 bits per heavy atom. The molecule has 192 valence electrons. The van der Waals surface area contributed by atoms with Gasteiger partial charge in [-0.2, -0.15) is 0 Å². The predicted molar refractivity (Wildman–Crippen MR) is 165 cm³/mol. The molecule has 2 heterocycles. The fourth-order valence-electron chi connectivity index (χ4n) is 5.44. The van der Waals surface area contributed by atoms with Crippen LogP contribution in [0.2, 0.25) is 0 Å². The topological polar surface area (TPSA) is 51.6 Å². The lowest BCUT2D eigenvalue weighted by atomic mass is 9.90. The van der Waals surface area contributed by atoms with Crippen LogP contribution in [0.5, 0.6) is 0 Å². The van der Waals surface area contributed by atoms with Gasteiger partial charge in [0.25, 0.3) is 0 Å². The zero-order valence-corrected chi connectivity index (χ0v) is 22.7. The summed E-state index contributed by atoms with van der Waals surface area (Å²) in [6, 6.07) is 33.2. The van der Waals surface area contributed by atoms with E-state index in [0.717, 1.165) is 55.4 Å². The maximum Gasteiger partial charge on any atom is 0.165 e. The first-order valence-corrected chi connectivity index (χ1v) is 13.8. The number of allylic oxidation sites excluding steroid dienone is 4. The first kappa shape index (κ1) is 24.4. The second-order valence-electron chi connectivity index (χ2n) is 10.1. The molecule has 4 nitrogen and oxygen atoms in total. The van der Waals surface area contributed by atoms with E-state index < -0.39 is 0 Å². The number of fused-ring (bicyclic) bond motifs is 2. The summed E-state index contributed by atoms with van der Waals surface area (Å²) in [6.07, 6.45) is 6.72. The summed E-state index contributed by atoms with van der Waals surface area (Å²) < 4.78 is 0. The lowest BCUT2D eigenvalue weighted by molar-refractivity contribution is 0.745. The minimum atomic E-state index is 0.309. The van der Waals surface area contributed by atoms with Crippen LogP contribution in [0.1, 0.15) is 19.0 Å². The fraction of sp³-hybridized carbons (Fsp3) is 0.0857. The van der Waals surface area contributed by atoms with E-state index in [4.69, 9.17) is 31.5 Å². The summed E-state index contributed by atoms with van der Waals surface area (Å²) in [6.45, 7) is 2.18. The second-order valence-corrected chi connectivity index (χ2v) is 10.6. The normalized spacial score (nSPS) is 15.2. The highest BCUT2D eigenvalue weighted by molar-refractivity contribution is 6.30. The zero-order chi connectivity index (χ0) is 27.1. The van der Waals surface area contributed by atoms with Gasteiger partial charge in [-0.25, -0.2) is 15.0 Å². The van der Waals surface area contributed by atoms with E-state index in [1.165, 1.54) is 5.57 Å². The Balaban J connectivity index is 1.41. The van der Waals surface area contributed by atoms with Crippen LogP contribution in [0.25, 0.3) is 61.3 Å². The molecule has 1 aliphatic rings. The van der Waals surface area contributed by atoms with Crippen LogP contribution in [-0.2, 0) is 0 Å². The van der Waals surface area contributed by atoms with Gasteiger partial charge >= 0.3 is 0 Å². The summed E-state index contributed by atoms with van der Waals surface area (Å²) in [5.74, 6) is 2.17. The Labute approximate surface area is 237 Å². The third-order valence-electron chi connectivity index (χ3n) is 7.49. The van der Waals surface area contributed by atoms with Crippen molar-refractivity contribution in [2.75, 3.05) is 0 Å². The highest BCUT2D eigenvalue weighted by Gasteiger charge is 2.19. The molecule has 40 heavy (non-hydrogen) atoms. The largest absolute Gasteiger partial charge is 0.256 e. The van der Waals surface area contributed by atoms with Crippen molar-refractivity contribution in [1.82, 2.24) is 19.9 Å². The Morgan fingerprint density at radius 1 is 0.625 bits per heavy atom. The number of pyridine rings is 1. The van der Waals surface area contributed by atoms with Gasteiger partial charge in [-0.1, -0.05) is 110 Å². The molecule has 0 fully saturated rings. The molecule has 6 aromatic rings. The van der Waals surface area contributed by atoms with E-state index >= 15 is 0 Å². The quantitative estimate of drug-likeness (QED) is 0.225. The van der Waals surface area contributed by atoms with Crippen LogP contribution in [-0.4, -0.2) is 19.9 Å². The molecular formula is C35H25ClN4. The molecule has 2 aromatic heterocycles. The Morgan fingerprint density at radius 3 is 1.77 bits per heavy atom. The first-order valence-electron chi connectivity index (χ1n) is 13.4. The van der Waals surface area contributed by atoms with Gasteiger partial charge < -0.3 is 0 Å². The molecule has 0 N–H and O–H groups in total. The van der Waals surface area contributed by atoms with Crippen molar-refractivity contribution >= 4 is 38.7 Å². The molecule has 0 radical (unpaired) electrons. The van der Waals surface area contributed by atoms with Gasteiger partial charge in [0.1, 0.15) is 0 Å². The van der Waals surface area contributed by atoms with Crippen LogP contribution in [0, 0.1) is 5.92 Å². The Kier molecular flexibility index (Phi) is 6.18. The Bertz CT molecular complexity index is 1850.